The lowest BCUT2D eigenvalue weighted by Crippen LogP contribution is -2.12. The molecule has 0 amide bonds. The van der Waals surface area contributed by atoms with Crippen LogP contribution in [0.4, 0.5) is 17.6 Å². The maximum Gasteiger partial charge on any atom is 0.419 e. The zero-order chi connectivity index (χ0) is 12.1. The second-order valence-corrected chi connectivity index (χ2v) is 3.93. The lowest BCUT2D eigenvalue weighted by molar-refractivity contribution is -0.140. The van der Waals surface area contributed by atoms with Crippen molar-refractivity contribution in [2.45, 2.75) is 20.0 Å². The van der Waals surface area contributed by atoms with Crippen LogP contribution in [0.15, 0.2) is 0 Å². The fraction of sp³-hybridized carbons (Fsp3) is 0.333. The zero-order valence-corrected chi connectivity index (χ0v) is 9.13. The fourth-order valence-corrected chi connectivity index (χ4v) is 2.24. The Morgan fingerprint density at radius 1 is 1.00 bits per heavy atom. The van der Waals surface area contributed by atoms with Gasteiger partial charge in [-0.05, 0) is 19.4 Å². The predicted molar refractivity (Wildman–Crippen MR) is 51.8 cm³/mol. The highest BCUT2D eigenvalue weighted by molar-refractivity contribution is 7.00. The van der Waals surface area contributed by atoms with Crippen molar-refractivity contribution in [3.05, 3.63) is 22.5 Å². The van der Waals surface area contributed by atoms with Gasteiger partial charge in [-0.2, -0.15) is 21.9 Å². The number of aromatic nitrogens is 2. The van der Waals surface area contributed by atoms with Crippen molar-refractivity contribution < 1.29 is 17.6 Å². The van der Waals surface area contributed by atoms with Gasteiger partial charge in [-0.3, -0.25) is 0 Å². The van der Waals surface area contributed by atoms with Crippen LogP contribution in [0.1, 0.15) is 16.7 Å². The van der Waals surface area contributed by atoms with Crippen molar-refractivity contribution in [3.8, 4) is 0 Å². The van der Waals surface area contributed by atoms with Crippen molar-refractivity contribution in [1.29, 1.82) is 0 Å². The monoisotopic (exact) mass is 250 g/mol. The Balaban J connectivity index is 2.94. The lowest BCUT2D eigenvalue weighted by atomic mass is 10.0. The van der Waals surface area contributed by atoms with E-state index in [1.54, 1.807) is 0 Å². The van der Waals surface area contributed by atoms with Crippen molar-refractivity contribution in [3.63, 3.8) is 0 Å². The fourth-order valence-electron chi connectivity index (χ4n) is 1.59. The molecule has 1 aromatic carbocycles. The molecule has 0 radical (unpaired) electrons. The van der Waals surface area contributed by atoms with Gasteiger partial charge in [0.1, 0.15) is 16.9 Å². The minimum absolute atomic E-state index is 0.110. The molecule has 7 heteroatoms. The molecule has 0 aliphatic rings. The molecular formula is C9H6F4N2S. The van der Waals surface area contributed by atoms with Crippen LogP contribution in [-0.4, -0.2) is 8.75 Å². The summed E-state index contributed by atoms with van der Waals surface area (Å²) in [7, 11) is 0. The lowest BCUT2D eigenvalue weighted by Gasteiger charge is -2.13. The van der Waals surface area contributed by atoms with E-state index in [9.17, 15) is 17.6 Å². The van der Waals surface area contributed by atoms with E-state index in [1.165, 1.54) is 13.8 Å². The summed E-state index contributed by atoms with van der Waals surface area (Å²) in [6.45, 7) is 2.48. The molecule has 0 bridgehead atoms. The van der Waals surface area contributed by atoms with E-state index in [0.29, 0.717) is 0 Å². The van der Waals surface area contributed by atoms with Crippen LogP contribution >= 0.6 is 11.7 Å². The number of nitrogens with zero attached hydrogens (tertiary/aromatic N) is 2. The van der Waals surface area contributed by atoms with Gasteiger partial charge in [0.05, 0.1) is 17.3 Å². The van der Waals surface area contributed by atoms with E-state index in [2.05, 4.69) is 8.75 Å². The highest BCUT2D eigenvalue weighted by atomic mass is 32.1. The first kappa shape index (κ1) is 11.3. The molecule has 0 aliphatic heterocycles. The summed E-state index contributed by atoms with van der Waals surface area (Å²) in [5.41, 5.74) is -1.24. The third-order valence-electron chi connectivity index (χ3n) is 2.41. The van der Waals surface area contributed by atoms with Gasteiger partial charge >= 0.3 is 6.18 Å². The normalized spacial score (nSPS) is 12.4. The topological polar surface area (TPSA) is 25.8 Å². The van der Waals surface area contributed by atoms with Gasteiger partial charge in [0.2, 0.25) is 0 Å². The van der Waals surface area contributed by atoms with Gasteiger partial charge in [0, 0.05) is 5.56 Å². The maximum absolute atomic E-state index is 13.6. The van der Waals surface area contributed by atoms with Crippen LogP contribution in [0.2, 0.25) is 0 Å². The Labute approximate surface area is 92.2 Å². The van der Waals surface area contributed by atoms with E-state index < -0.39 is 17.6 Å². The Bertz CT molecular complexity index is 559. The zero-order valence-electron chi connectivity index (χ0n) is 8.31. The number of halogens is 4. The smallest absolute Gasteiger partial charge is 0.206 e. The Hall–Kier alpha value is -1.24. The largest absolute Gasteiger partial charge is 0.419 e. The minimum Gasteiger partial charge on any atom is -0.206 e. The Kier molecular flexibility index (Phi) is 2.37. The third kappa shape index (κ3) is 1.46. The summed E-state index contributed by atoms with van der Waals surface area (Å²) in [5.74, 6) is -1.26. The number of hydrogen-bond acceptors (Lipinski definition) is 3. The molecule has 16 heavy (non-hydrogen) atoms. The molecule has 0 N–H and O–H groups in total. The van der Waals surface area contributed by atoms with Crippen LogP contribution < -0.4 is 0 Å². The van der Waals surface area contributed by atoms with E-state index in [0.717, 1.165) is 11.7 Å². The number of benzene rings is 1. The first-order valence-corrected chi connectivity index (χ1v) is 5.05. The summed E-state index contributed by atoms with van der Waals surface area (Å²) in [6, 6.07) is 0. The first-order chi connectivity index (χ1) is 7.34. The second-order valence-electron chi connectivity index (χ2n) is 3.40. The molecule has 0 spiro atoms. The number of alkyl halides is 3. The van der Waals surface area contributed by atoms with Crippen LogP contribution in [0.5, 0.6) is 0 Å². The van der Waals surface area contributed by atoms with Crippen molar-refractivity contribution in [1.82, 2.24) is 8.75 Å². The molecule has 86 valence electrons. The van der Waals surface area contributed by atoms with E-state index in [4.69, 9.17) is 0 Å². The van der Waals surface area contributed by atoms with E-state index in [-0.39, 0.29) is 22.2 Å². The summed E-state index contributed by atoms with van der Waals surface area (Å²) in [4.78, 5) is 0. The second kappa shape index (κ2) is 3.38. The average Bonchev–Trinajstić information content (AvgIpc) is 2.61. The molecule has 0 saturated heterocycles. The highest BCUT2D eigenvalue weighted by Gasteiger charge is 2.38. The van der Waals surface area contributed by atoms with Crippen LogP contribution in [-0.2, 0) is 6.18 Å². The highest BCUT2D eigenvalue weighted by Crippen LogP contribution is 2.38. The molecule has 2 nitrogen and oxygen atoms in total. The average molecular weight is 250 g/mol. The SMILES string of the molecule is Cc1c(F)c(C(F)(F)F)c(C)c2nsnc12. The van der Waals surface area contributed by atoms with Gasteiger partial charge in [-0.25, -0.2) is 4.39 Å². The molecule has 1 aromatic heterocycles. The minimum atomic E-state index is -4.71. The molecule has 0 atom stereocenters. The Morgan fingerprint density at radius 3 is 2.00 bits per heavy atom. The van der Waals surface area contributed by atoms with Crippen molar-refractivity contribution >= 4 is 22.8 Å². The van der Waals surface area contributed by atoms with Crippen molar-refractivity contribution in [2.24, 2.45) is 0 Å². The van der Waals surface area contributed by atoms with Crippen LogP contribution in [0.25, 0.3) is 11.0 Å². The molecule has 0 unspecified atom stereocenters. The Morgan fingerprint density at radius 2 is 1.50 bits per heavy atom. The summed E-state index contributed by atoms with van der Waals surface area (Å²) >= 11 is 0.775. The van der Waals surface area contributed by atoms with Gasteiger partial charge in [-0.15, -0.1) is 0 Å². The van der Waals surface area contributed by atoms with E-state index >= 15 is 0 Å². The standard InChI is InChI=1S/C9H6F4N2S/c1-3-5(9(11,12)13)6(10)4(2)8-7(3)14-16-15-8/h1-2H3. The number of fused-ring (bicyclic) bond motifs is 1. The van der Waals surface area contributed by atoms with Gasteiger partial charge in [-0.1, -0.05) is 0 Å². The molecular weight excluding hydrogens is 244 g/mol. The van der Waals surface area contributed by atoms with E-state index in [1.807, 2.05) is 0 Å². The number of hydrogen-bond donors (Lipinski definition) is 0. The predicted octanol–water partition coefficient (Wildman–Crippen LogP) is 3.47. The quantitative estimate of drug-likeness (QED) is 0.669. The maximum atomic E-state index is 13.6. The molecule has 0 fully saturated rings. The van der Waals surface area contributed by atoms with Crippen LogP contribution in [0.3, 0.4) is 0 Å². The molecule has 2 rings (SSSR count). The molecule has 0 saturated carbocycles. The van der Waals surface area contributed by atoms with Crippen molar-refractivity contribution in [2.75, 3.05) is 0 Å². The summed E-state index contributed by atoms with van der Waals surface area (Å²) in [5, 5.41) is 0. The van der Waals surface area contributed by atoms with Gasteiger partial charge in [0.25, 0.3) is 0 Å². The van der Waals surface area contributed by atoms with Gasteiger partial charge in [0.15, 0.2) is 0 Å². The number of aryl methyl sites for hydroxylation is 2. The third-order valence-corrected chi connectivity index (χ3v) is 2.93. The summed E-state index contributed by atoms with van der Waals surface area (Å²) < 4.78 is 59.0. The van der Waals surface area contributed by atoms with Crippen LogP contribution in [0, 0.1) is 19.7 Å². The first-order valence-electron chi connectivity index (χ1n) is 4.32. The number of rotatable bonds is 0. The van der Waals surface area contributed by atoms with Gasteiger partial charge < -0.3 is 0 Å². The molecule has 0 aliphatic carbocycles. The molecule has 2 aromatic rings. The summed E-state index contributed by atoms with van der Waals surface area (Å²) in [6.07, 6.45) is -4.71. The molecule has 1 heterocycles.